The van der Waals surface area contributed by atoms with Crippen molar-refractivity contribution in [1.82, 2.24) is 15.5 Å². The number of carbonyl (C=O) groups is 1. The normalized spacial score (nSPS) is 19.7. The van der Waals surface area contributed by atoms with Crippen LogP contribution < -0.4 is 15.4 Å². The number of fused-ring (bicyclic) bond motifs is 1. The summed E-state index contributed by atoms with van der Waals surface area (Å²) in [4.78, 5) is 16.1. The number of nitrogens with one attached hydrogen (secondary N) is 2. The van der Waals surface area contributed by atoms with E-state index >= 15 is 0 Å². The topological polar surface area (TPSA) is 73.8 Å². The summed E-state index contributed by atoms with van der Waals surface area (Å²) < 4.78 is 6.14. The lowest BCUT2D eigenvalue weighted by molar-refractivity contribution is -0.116. The molecule has 0 aromatic heterocycles. The minimum absolute atomic E-state index is 0.0299. The van der Waals surface area contributed by atoms with Gasteiger partial charge in [-0.05, 0) is 113 Å². The second-order valence-corrected chi connectivity index (χ2v) is 13.2. The quantitative estimate of drug-likeness (QED) is 0.247. The number of thioether (sulfide) groups is 1. The van der Waals surface area contributed by atoms with Gasteiger partial charge in [-0.25, -0.2) is 0 Å². The zero-order valence-corrected chi connectivity index (χ0v) is 26.1. The highest BCUT2D eigenvalue weighted by Gasteiger charge is 2.29. The van der Waals surface area contributed by atoms with Gasteiger partial charge in [-0.1, -0.05) is 53.2 Å². The Morgan fingerprint density at radius 2 is 1.90 bits per heavy atom. The number of rotatable bonds is 11. The summed E-state index contributed by atoms with van der Waals surface area (Å²) in [6, 6.07) is 10.1. The lowest BCUT2D eigenvalue weighted by atomic mass is 9.83. The zero-order chi connectivity index (χ0) is 28.8. The van der Waals surface area contributed by atoms with E-state index in [-0.39, 0.29) is 17.9 Å². The molecule has 9 heteroatoms. The molecule has 3 aliphatic rings. The molecule has 6 nitrogen and oxygen atoms in total. The lowest BCUT2D eigenvalue weighted by Crippen LogP contribution is -2.34. The molecular weight excluding hydrogens is 577 g/mol. The van der Waals surface area contributed by atoms with E-state index < -0.39 is 0 Å². The van der Waals surface area contributed by atoms with E-state index in [9.17, 15) is 9.90 Å². The van der Waals surface area contributed by atoms with Gasteiger partial charge >= 0.3 is 0 Å². The number of aliphatic hydroxyl groups is 1. The fourth-order valence-electron chi connectivity index (χ4n) is 6.24. The summed E-state index contributed by atoms with van der Waals surface area (Å²) in [7, 11) is 0. The van der Waals surface area contributed by atoms with E-state index in [1.165, 1.54) is 41.3 Å². The maximum atomic E-state index is 12.9. The van der Waals surface area contributed by atoms with Crippen LogP contribution >= 0.6 is 35.0 Å². The maximum absolute atomic E-state index is 12.9. The van der Waals surface area contributed by atoms with Crippen LogP contribution in [0.25, 0.3) is 0 Å². The van der Waals surface area contributed by atoms with Gasteiger partial charge < -0.3 is 25.4 Å². The zero-order valence-electron chi connectivity index (χ0n) is 23.8. The van der Waals surface area contributed by atoms with Crippen molar-refractivity contribution in [1.29, 1.82) is 0 Å². The number of aliphatic hydroxyl groups excluding tert-OH is 1. The van der Waals surface area contributed by atoms with E-state index in [2.05, 4.69) is 27.7 Å². The molecule has 5 rings (SSSR count). The fourth-order valence-corrected chi connectivity index (χ4v) is 8.04. The molecule has 0 spiro atoms. The van der Waals surface area contributed by atoms with E-state index in [1.807, 2.05) is 19.1 Å². The van der Waals surface area contributed by atoms with Crippen molar-refractivity contribution in [3.05, 3.63) is 73.2 Å². The number of benzene rings is 2. The molecule has 1 saturated heterocycles. The van der Waals surface area contributed by atoms with E-state index in [4.69, 9.17) is 27.9 Å². The van der Waals surface area contributed by atoms with Gasteiger partial charge in [-0.15, -0.1) is 0 Å². The smallest absolute Gasteiger partial charge is 0.259 e. The number of halogens is 2. The van der Waals surface area contributed by atoms with Crippen molar-refractivity contribution in [3.63, 3.8) is 0 Å². The van der Waals surface area contributed by atoms with Crippen molar-refractivity contribution in [2.45, 2.75) is 69.6 Å². The lowest BCUT2D eigenvalue weighted by Gasteiger charge is -2.34. The highest BCUT2D eigenvalue weighted by atomic mass is 35.5. The Labute approximate surface area is 258 Å². The number of carbonyl (C=O) groups excluding carboxylic acids is 1. The molecule has 0 bridgehead atoms. The van der Waals surface area contributed by atoms with Gasteiger partial charge in [0, 0.05) is 27.9 Å². The average Bonchev–Trinajstić information content (AvgIpc) is 3.37. The second-order valence-electron chi connectivity index (χ2n) is 11.2. The van der Waals surface area contributed by atoms with Gasteiger partial charge in [0.1, 0.15) is 17.7 Å². The molecule has 1 atom stereocenters. The van der Waals surface area contributed by atoms with Crippen LogP contribution in [0, 0.1) is 0 Å². The highest BCUT2D eigenvalue weighted by molar-refractivity contribution is 8.04. The number of hydrogen-bond acceptors (Lipinski definition) is 6. The van der Waals surface area contributed by atoms with Crippen LogP contribution in [-0.4, -0.2) is 55.3 Å². The van der Waals surface area contributed by atoms with Gasteiger partial charge in [0.15, 0.2) is 0 Å². The Balaban J connectivity index is 1.04. The van der Waals surface area contributed by atoms with Crippen molar-refractivity contribution >= 4 is 40.9 Å². The Hall–Kier alpha value is -1.90. The van der Waals surface area contributed by atoms with Crippen molar-refractivity contribution in [3.8, 4) is 5.75 Å². The first kappa shape index (κ1) is 30.6. The van der Waals surface area contributed by atoms with Crippen LogP contribution in [0.15, 0.2) is 40.9 Å². The SMILES string of the molecule is CC1=C(C(=O)NCCCCN2CCC(c3ccc4c(c3OCCO)CCCC4)CC2)SC(c2ccc(Cl)cc2Cl)N1. The van der Waals surface area contributed by atoms with Crippen molar-refractivity contribution in [2.24, 2.45) is 0 Å². The van der Waals surface area contributed by atoms with Crippen molar-refractivity contribution < 1.29 is 14.6 Å². The Bertz CT molecular complexity index is 1260. The summed E-state index contributed by atoms with van der Waals surface area (Å²) in [5.74, 6) is 1.54. The summed E-state index contributed by atoms with van der Waals surface area (Å²) in [6.45, 7) is 6.22. The Morgan fingerprint density at radius 3 is 2.68 bits per heavy atom. The molecule has 41 heavy (non-hydrogen) atoms. The van der Waals surface area contributed by atoms with E-state index in [0.717, 1.165) is 75.2 Å². The first-order valence-electron chi connectivity index (χ1n) is 14.9. The number of piperidine rings is 1. The van der Waals surface area contributed by atoms with Crippen LogP contribution in [0.2, 0.25) is 10.0 Å². The van der Waals surface area contributed by atoms with Crippen LogP contribution in [-0.2, 0) is 17.6 Å². The van der Waals surface area contributed by atoms with Gasteiger partial charge in [0.25, 0.3) is 5.91 Å². The summed E-state index contributed by atoms with van der Waals surface area (Å²) in [5.41, 5.74) is 5.94. The minimum Gasteiger partial charge on any atom is -0.491 e. The number of allylic oxidation sites excluding steroid dienone is 1. The maximum Gasteiger partial charge on any atom is 0.259 e. The molecule has 1 amide bonds. The van der Waals surface area contributed by atoms with Gasteiger partial charge in [-0.2, -0.15) is 0 Å². The Kier molecular flexibility index (Phi) is 10.8. The number of nitrogens with zero attached hydrogens (tertiary/aromatic N) is 1. The monoisotopic (exact) mass is 617 g/mol. The molecule has 3 N–H and O–H groups in total. The van der Waals surface area contributed by atoms with Gasteiger partial charge in [-0.3, -0.25) is 4.79 Å². The second kappa shape index (κ2) is 14.5. The average molecular weight is 619 g/mol. The predicted octanol–water partition coefficient (Wildman–Crippen LogP) is 6.59. The summed E-state index contributed by atoms with van der Waals surface area (Å²) >= 11 is 13.9. The molecule has 1 aliphatic carbocycles. The molecular formula is C32H41Cl2N3O3S. The largest absolute Gasteiger partial charge is 0.491 e. The number of ether oxygens (including phenoxy) is 1. The van der Waals surface area contributed by atoms with Crippen LogP contribution in [0.1, 0.15) is 79.0 Å². The first-order chi connectivity index (χ1) is 19.9. The fraction of sp³-hybridized carbons (Fsp3) is 0.531. The van der Waals surface area contributed by atoms with Crippen LogP contribution in [0.4, 0.5) is 0 Å². The first-order valence-corrected chi connectivity index (χ1v) is 16.6. The van der Waals surface area contributed by atoms with E-state index in [1.54, 1.807) is 6.07 Å². The third-order valence-corrected chi connectivity index (χ3v) is 10.3. The molecule has 2 aromatic rings. The molecule has 2 aliphatic heterocycles. The van der Waals surface area contributed by atoms with Crippen LogP contribution in [0.3, 0.4) is 0 Å². The number of likely N-dealkylation sites (tertiary alicyclic amines) is 1. The predicted molar refractivity (Wildman–Crippen MR) is 169 cm³/mol. The number of aryl methyl sites for hydroxylation is 1. The minimum atomic E-state index is -0.0953. The molecule has 222 valence electrons. The van der Waals surface area contributed by atoms with Gasteiger partial charge in [0.05, 0.1) is 11.5 Å². The highest BCUT2D eigenvalue weighted by Crippen LogP contribution is 2.43. The standard InChI is InChI=1S/C32H41Cl2N3O3S/c1-21-30(41-32(36-21)27-11-9-24(33)20-28(27)34)31(39)35-14-4-5-15-37-16-12-23(13-17-37)26-10-8-22-6-2-3-7-25(22)29(26)40-19-18-38/h8-11,20,23,32,36,38H,2-7,12-19H2,1H3,(H,35,39). The molecule has 2 aromatic carbocycles. The van der Waals surface area contributed by atoms with Crippen LogP contribution in [0.5, 0.6) is 5.75 Å². The summed E-state index contributed by atoms with van der Waals surface area (Å²) in [5, 5.41) is 17.0. The number of amides is 1. The molecule has 1 unspecified atom stereocenters. The molecule has 1 fully saturated rings. The molecule has 0 saturated carbocycles. The van der Waals surface area contributed by atoms with Crippen molar-refractivity contribution in [2.75, 3.05) is 39.4 Å². The number of unbranched alkanes of at least 4 members (excludes halogenated alkanes) is 1. The third kappa shape index (κ3) is 7.55. The number of hydrogen-bond donors (Lipinski definition) is 3. The molecule has 2 heterocycles. The van der Waals surface area contributed by atoms with Gasteiger partial charge in [0.2, 0.25) is 0 Å². The third-order valence-electron chi connectivity index (χ3n) is 8.44. The summed E-state index contributed by atoms with van der Waals surface area (Å²) in [6.07, 6.45) is 8.95. The Morgan fingerprint density at radius 1 is 1.12 bits per heavy atom. The van der Waals surface area contributed by atoms with E-state index in [0.29, 0.717) is 34.0 Å². The molecule has 0 radical (unpaired) electrons.